The number of aromatic nitrogens is 2. The lowest BCUT2D eigenvalue weighted by Gasteiger charge is -2.39. The van der Waals surface area contributed by atoms with Gasteiger partial charge in [-0.1, -0.05) is 31.8 Å². The molecule has 1 aromatic heterocycles. The molecule has 1 amide bonds. The van der Waals surface area contributed by atoms with Crippen LogP contribution in [0.4, 0.5) is 0 Å². The smallest absolute Gasteiger partial charge is 0.249 e. The van der Waals surface area contributed by atoms with Crippen LogP contribution in [0.25, 0.3) is 0 Å². The highest BCUT2D eigenvalue weighted by Crippen LogP contribution is 2.43. The molecule has 0 spiro atoms. The van der Waals surface area contributed by atoms with Crippen molar-refractivity contribution in [3.8, 4) is 0 Å². The molecule has 2 heterocycles. The number of nitrogens with zero attached hydrogens (tertiary/aromatic N) is 3. The topological polar surface area (TPSA) is 79.5 Å². The summed E-state index contributed by atoms with van der Waals surface area (Å²) in [6.45, 7) is 6.65. The second-order valence-corrected chi connectivity index (χ2v) is 7.77. The van der Waals surface area contributed by atoms with Gasteiger partial charge in [0.15, 0.2) is 5.82 Å². The number of hydrogen-bond acceptors (Lipinski definition) is 5. The summed E-state index contributed by atoms with van der Waals surface area (Å²) in [4.78, 5) is 18.9. The number of β-amino-alcohol motifs (C(OH)–C–C–N with tert-alkyl or cyclic N) is 1. The molecule has 0 radical (unpaired) electrons. The van der Waals surface area contributed by atoms with Gasteiger partial charge >= 0.3 is 0 Å². The quantitative estimate of drug-likeness (QED) is 0.925. The van der Waals surface area contributed by atoms with Gasteiger partial charge in [-0.05, 0) is 31.1 Å². The molecule has 2 fully saturated rings. The van der Waals surface area contributed by atoms with Crippen LogP contribution in [0.3, 0.4) is 0 Å². The predicted molar refractivity (Wildman–Crippen MR) is 84.5 cm³/mol. The molecule has 0 bridgehead atoms. The molecule has 3 atom stereocenters. The first-order valence-corrected chi connectivity index (χ1v) is 8.64. The molecule has 6 nitrogen and oxygen atoms in total. The van der Waals surface area contributed by atoms with Crippen LogP contribution in [0.2, 0.25) is 0 Å². The van der Waals surface area contributed by atoms with Crippen molar-refractivity contribution in [2.45, 2.75) is 71.4 Å². The maximum absolute atomic E-state index is 12.9. The van der Waals surface area contributed by atoms with Crippen molar-refractivity contribution in [1.82, 2.24) is 15.0 Å². The molecular formula is C17H27N3O3. The van der Waals surface area contributed by atoms with E-state index >= 15 is 0 Å². The summed E-state index contributed by atoms with van der Waals surface area (Å²) in [5.74, 6) is 1.51. The van der Waals surface area contributed by atoms with Gasteiger partial charge < -0.3 is 14.5 Å². The van der Waals surface area contributed by atoms with Crippen LogP contribution in [-0.2, 0) is 4.79 Å². The van der Waals surface area contributed by atoms with E-state index in [4.69, 9.17) is 4.52 Å². The predicted octanol–water partition coefficient (Wildman–Crippen LogP) is 2.62. The van der Waals surface area contributed by atoms with Crippen LogP contribution in [0, 0.1) is 18.3 Å². The van der Waals surface area contributed by atoms with Crippen molar-refractivity contribution in [2.75, 3.05) is 6.54 Å². The van der Waals surface area contributed by atoms with Gasteiger partial charge in [-0.15, -0.1) is 0 Å². The molecule has 1 aliphatic heterocycles. The number of carbonyl (C=O) groups excluding carboxylic acids is 1. The Bertz CT molecular complexity index is 569. The Kier molecular flexibility index (Phi) is 4.45. The van der Waals surface area contributed by atoms with Crippen molar-refractivity contribution >= 4 is 5.91 Å². The van der Waals surface area contributed by atoms with E-state index in [0.29, 0.717) is 37.0 Å². The summed E-state index contributed by atoms with van der Waals surface area (Å²) < 4.78 is 5.24. The Labute approximate surface area is 137 Å². The van der Waals surface area contributed by atoms with Gasteiger partial charge in [-0.25, -0.2) is 0 Å². The lowest BCUT2D eigenvalue weighted by atomic mass is 9.67. The zero-order valence-electron chi connectivity index (χ0n) is 14.3. The van der Waals surface area contributed by atoms with E-state index in [0.717, 1.165) is 6.42 Å². The SMILES string of the molecule is Cc1noc([C@H]2C[C@@H](O)CN2C(=O)CC2CCCCC2(C)C)n1. The average molecular weight is 321 g/mol. The number of carbonyl (C=O) groups is 1. The van der Waals surface area contributed by atoms with Gasteiger partial charge in [-0.3, -0.25) is 4.79 Å². The van der Waals surface area contributed by atoms with Gasteiger partial charge in [0.25, 0.3) is 0 Å². The molecule has 1 N–H and O–H groups in total. The van der Waals surface area contributed by atoms with E-state index in [1.54, 1.807) is 11.8 Å². The number of aryl methyl sites for hydroxylation is 1. The standard InChI is InChI=1S/C17H27N3O3/c1-11-18-16(23-19-11)14-9-13(21)10-20(14)15(22)8-12-6-4-5-7-17(12,2)3/h12-14,21H,4-10H2,1-3H3/t12?,13-,14-/m1/s1. The fraction of sp³-hybridized carbons (Fsp3) is 0.824. The molecular weight excluding hydrogens is 294 g/mol. The number of aliphatic hydroxyl groups excluding tert-OH is 1. The molecule has 1 aliphatic carbocycles. The Hall–Kier alpha value is -1.43. The van der Waals surface area contributed by atoms with Crippen molar-refractivity contribution in [2.24, 2.45) is 11.3 Å². The van der Waals surface area contributed by atoms with E-state index in [1.165, 1.54) is 19.3 Å². The largest absolute Gasteiger partial charge is 0.391 e. The van der Waals surface area contributed by atoms with Crippen LogP contribution in [0.5, 0.6) is 0 Å². The molecule has 0 aromatic carbocycles. The summed E-state index contributed by atoms with van der Waals surface area (Å²) in [5.41, 5.74) is 0.211. The first-order chi connectivity index (χ1) is 10.9. The molecule has 2 aliphatic rings. The third kappa shape index (κ3) is 3.42. The monoisotopic (exact) mass is 321 g/mol. The normalized spacial score (nSPS) is 30.6. The summed E-state index contributed by atoms with van der Waals surface area (Å²) in [6.07, 6.45) is 5.25. The Morgan fingerprint density at radius 3 is 2.87 bits per heavy atom. The summed E-state index contributed by atoms with van der Waals surface area (Å²) >= 11 is 0. The minimum atomic E-state index is -0.518. The van der Waals surface area contributed by atoms with Gasteiger partial charge in [0.05, 0.1) is 6.10 Å². The minimum Gasteiger partial charge on any atom is -0.391 e. The van der Waals surface area contributed by atoms with Crippen LogP contribution in [-0.4, -0.2) is 38.7 Å². The fourth-order valence-corrected chi connectivity index (χ4v) is 4.04. The van der Waals surface area contributed by atoms with Crippen LogP contribution in [0.1, 0.15) is 70.1 Å². The van der Waals surface area contributed by atoms with Crippen molar-refractivity contribution in [1.29, 1.82) is 0 Å². The zero-order chi connectivity index (χ0) is 16.6. The van der Waals surface area contributed by atoms with Crippen LogP contribution in [0.15, 0.2) is 4.52 Å². The molecule has 3 rings (SSSR count). The minimum absolute atomic E-state index is 0.0994. The van der Waals surface area contributed by atoms with Crippen molar-refractivity contribution in [3.05, 3.63) is 11.7 Å². The van der Waals surface area contributed by atoms with Gasteiger partial charge in [0, 0.05) is 19.4 Å². The van der Waals surface area contributed by atoms with E-state index in [1.807, 2.05) is 0 Å². The van der Waals surface area contributed by atoms with E-state index in [9.17, 15) is 9.90 Å². The third-order valence-electron chi connectivity index (χ3n) is 5.58. The highest BCUT2D eigenvalue weighted by atomic mass is 16.5. The average Bonchev–Trinajstić information content (AvgIpc) is 3.07. The Morgan fingerprint density at radius 1 is 1.43 bits per heavy atom. The van der Waals surface area contributed by atoms with E-state index in [-0.39, 0.29) is 17.4 Å². The fourth-order valence-electron chi connectivity index (χ4n) is 4.04. The molecule has 23 heavy (non-hydrogen) atoms. The number of amides is 1. The summed E-state index contributed by atoms with van der Waals surface area (Å²) in [5, 5.41) is 13.8. The van der Waals surface area contributed by atoms with Crippen LogP contribution < -0.4 is 0 Å². The van der Waals surface area contributed by atoms with Gasteiger partial charge in [0.1, 0.15) is 6.04 Å². The number of likely N-dealkylation sites (tertiary alicyclic amines) is 1. The number of aliphatic hydroxyl groups is 1. The first kappa shape index (κ1) is 16.4. The Balaban J connectivity index is 1.72. The van der Waals surface area contributed by atoms with E-state index < -0.39 is 6.10 Å². The molecule has 128 valence electrons. The summed E-state index contributed by atoms with van der Waals surface area (Å²) in [7, 11) is 0. The van der Waals surface area contributed by atoms with Crippen molar-refractivity contribution < 1.29 is 14.4 Å². The van der Waals surface area contributed by atoms with Gasteiger partial charge in [-0.2, -0.15) is 4.98 Å². The van der Waals surface area contributed by atoms with Crippen molar-refractivity contribution in [3.63, 3.8) is 0 Å². The highest BCUT2D eigenvalue weighted by Gasteiger charge is 2.41. The second kappa shape index (κ2) is 6.23. The first-order valence-electron chi connectivity index (χ1n) is 8.64. The lowest BCUT2D eigenvalue weighted by molar-refractivity contribution is -0.135. The molecule has 1 saturated carbocycles. The zero-order valence-corrected chi connectivity index (χ0v) is 14.3. The molecule has 6 heteroatoms. The lowest BCUT2D eigenvalue weighted by Crippen LogP contribution is -2.37. The second-order valence-electron chi connectivity index (χ2n) is 7.77. The number of hydrogen-bond donors (Lipinski definition) is 1. The molecule has 1 saturated heterocycles. The Morgan fingerprint density at radius 2 is 2.22 bits per heavy atom. The third-order valence-corrected chi connectivity index (χ3v) is 5.58. The van der Waals surface area contributed by atoms with Crippen LogP contribution >= 0.6 is 0 Å². The van der Waals surface area contributed by atoms with E-state index in [2.05, 4.69) is 24.0 Å². The maximum Gasteiger partial charge on any atom is 0.249 e. The highest BCUT2D eigenvalue weighted by molar-refractivity contribution is 5.77. The maximum atomic E-state index is 12.9. The summed E-state index contributed by atoms with van der Waals surface area (Å²) in [6, 6.07) is -0.287. The number of rotatable bonds is 3. The molecule has 1 unspecified atom stereocenters. The molecule has 1 aromatic rings. The van der Waals surface area contributed by atoms with Gasteiger partial charge in [0.2, 0.25) is 11.8 Å².